The summed E-state index contributed by atoms with van der Waals surface area (Å²) in [4.78, 5) is 41.7. The van der Waals surface area contributed by atoms with Gasteiger partial charge in [-0.3, -0.25) is 9.59 Å². The van der Waals surface area contributed by atoms with E-state index in [4.69, 9.17) is 9.47 Å². The molecule has 0 aliphatic carbocycles. The first-order valence-corrected chi connectivity index (χ1v) is 12.4. The number of ether oxygens (including phenoxy) is 2. The van der Waals surface area contributed by atoms with Crippen LogP contribution in [0.4, 0.5) is 16.2 Å². The number of fused-ring (bicyclic) bond motifs is 1. The molecule has 0 spiro atoms. The summed E-state index contributed by atoms with van der Waals surface area (Å²) in [5.41, 5.74) is 1.19. The molecule has 3 N–H and O–H groups in total. The molecule has 0 bridgehead atoms. The SMILES string of the molecule is CCCNC(=O)C[C@@]1(NC(=O)Nc2ccc(C)cc2)C(=O)N(CC(OCC)OCC)c2ccccc21. The standard InChI is InChI=1S/C27H36N4O5/c1-5-16-28-23(32)17-27(30-26(34)29-20-14-12-19(4)13-15-20)21-10-8-9-11-22(21)31(25(27)33)18-24(35-6-2)36-7-3/h8-15,24H,5-7,16-18H2,1-4H3,(H,28,32)(H2,29,30,34)/t27-/m0/s1. The molecule has 1 heterocycles. The maximum atomic E-state index is 14.1. The molecule has 9 nitrogen and oxygen atoms in total. The van der Waals surface area contributed by atoms with E-state index in [2.05, 4.69) is 16.0 Å². The predicted molar refractivity (Wildman–Crippen MR) is 139 cm³/mol. The first kappa shape index (κ1) is 27.2. The molecule has 1 aliphatic heterocycles. The van der Waals surface area contributed by atoms with Gasteiger partial charge in [0.15, 0.2) is 11.8 Å². The number of carbonyl (C=O) groups excluding carboxylic acids is 3. The molecule has 0 saturated carbocycles. The summed E-state index contributed by atoms with van der Waals surface area (Å²) < 4.78 is 11.4. The van der Waals surface area contributed by atoms with Crippen molar-refractivity contribution in [1.82, 2.24) is 10.6 Å². The second-order valence-corrected chi connectivity index (χ2v) is 8.65. The van der Waals surface area contributed by atoms with E-state index < -0.39 is 23.8 Å². The summed E-state index contributed by atoms with van der Waals surface area (Å²) in [6.07, 6.45) is -0.140. The highest BCUT2D eigenvalue weighted by Gasteiger charge is 2.53. The Kier molecular flexibility index (Phi) is 9.44. The third kappa shape index (κ3) is 6.22. The number of nitrogens with one attached hydrogen (secondary N) is 3. The highest BCUT2D eigenvalue weighted by molar-refractivity contribution is 6.12. The van der Waals surface area contributed by atoms with Crippen LogP contribution in [0.25, 0.3) is 0 Å². The van der Waals surface area contributed by atoms with Crippen molar-refractivity contribution in [2.45, 2.75) is 52.4 Å². The molecule has 1 atom stereocenters. The van der Waals surface area contributed by atoms with Crippen molar-refractivity contribution in [3.8, 4) is 0 Å². The second kappa shape index (κ2) is 12.5. The van der Waals surface area contributed by atoms with Crippen LogP contribution < -0.4 is 20.9 Å². The minimum absolute atomic E-state index is 0.122. The van der Waals surface area contributed by atoms with Gasteiger partial charge in [-0.15, -0.1) is 0 Å². The van der Waals surface area contributed by atoms with Crippen LogP contribution in [-0.2, 0) is 24.6 Å². The zero-order valence-corrected chi connectivity index (χ0v) is 21.4. The quantitative estimate of drug-likeness (QED) is 0.389. The molecule has 9 heteroatoms. The average Bonchev–Trinajstić information content (AvgIpc) is 3.07. The highest BCUT2D eigenvalue weighted by atomic mass is 16.7. The van der Waals surface area contributed by atoms with Gasteiger partial charge in [0, 0.05) is 31.0 Å². The van der Waals surface area contributed by atoms with E-state index >= 15 is 0 Å². The molecule has 1 aliphatic rings. The maximum absolute atomic E-state index is 14.1. The van der Waals surface area contributed by atoms with Crippen LogP contribution in [0, 0.1) is 6.92 Å². The van der Waals surface area contributed by atoms with Gasteiger partial charge >= 0.3 is 6.03 Å². The van der Waals surface area contributed by atoms with Crippen LogP contribution in [0.15, 0.2) is 48.5 Å². The predicted octanol–water partition coefficient (Wildman–Crippen LogP) is 3.67. The number of hydrogen-bond donors (Lipinski definition) is 3. The molecule has 0 fully saturated rings. The monoisotopic (exact) mass is 496 g/mol. The van der Waals surface area contributed by atoms with Gasteiger partial charge in [-0.2, -0.15) is 0 Å². The fraction of sp³-hybridized carbons (Fsp3) is 0.444. The van der Waals surface area contributed by atoms with Gasteiger partial charge in [-0.1, -0.05) is 42.8 Å². The third-order valence-corrected chi connectivity index (χ3v) is 5.94. The zero-order valence-electron chi connectivity index (χ0n) is 21.4. The van der Waals surface area contributed by atoms with Gasteiger partial charge in [0.05, 0.1) is 18.7 Å². The maximum Gasteiger partial charge on any atom is 0.320 e. The molecule has 3 rings (SSSR count). The molecule has 4 amide bonds. The largest absolute Gasteiger partial charge is 0.356 e. The summed E-state index contributed by atoms with van der Waals surface area (Å²) in [6, 6.07) is 13.9. The fourth-order valence-corrected chi connectivity index (χ4v) is 4.28. The number of anilines is 2. The lowest BCUT2D eigenvalue weighted by molar-refractivity contribution is -0.138. The number of rotatable bonds is 12. The van der Waals surface area contributed by atoms with Crippen molar-refractivity contribution in [3.05, 3.63) is 59.7 Å². The summed E-state index contributed by atoms with van der Waals surface area (Å²) >= 11 is 0. The van der Waals surface area contributed by atoms with Crippen molar-refractivity contribution in [2.24, 2.45) is 0 Å². The first-order valence-electron chi connectivity index (χ1n) is 12.4. The first-order chi connectivity index (χ1) is 17.3. The van der Waals surface area contributed by atoms with Crippen LogP contribution >= 0.6 is 0 Å². The number of urea groups is 1. The second-order valence-electron chi connectivity index (χ2n) is 8.65. The third-order valence-electron chi connectivity index (χ3n) is 5.94. The van der Waals surface area contributed by atoms with E-state index in [1.807, 2.05) is 45.9 Å². The van der Waals surface area contributed by atoms with Gasteiger partial charge < -0.3 is 30.3 Å². The van der Waals surface area contributed by atoms with Crippen LogP contribution in [0.3, 0.4) is 0 Å². The summed E-state index contributed by atoms with van der Waals surface area (Å²) in [5.74, 6) is -0.748. The normalized spacial score (nSPS) is 16.7. The Hall–Kier alpha value is -3.43. The Bertz CT molecular complexity index is 1050. The number of aryl methyl sites for hydroxylation is 1. The number of carbonyl (C=O) groups is 3. The number of benzene rings is 2. The summed E-state index contributed by atoms with van der Waals surface area (Å²) in [6.45, 7) is 9.03. The van der Waals surface area contributed by atoms with Gasteiger partial charge in [0.2, 0.25) is 5.91 Å². The van der Waals surface area contributed by atoms with Crippen LogP contribution in [0.1, 0.15) is 44.7 Å². The van der Waals surface area contributed by atoms with Crippen LogP contribution in [-0.4, -0.2) is 50.4 Å². The van der Waals surface area contributed by atoms with E-state index in [1.54, 1.807) is 30.3 Å². The Balaban J connectivity index is 1.97. The lowest BCUT2D eigenvalue weighted by atomic mass is 9.87. The zero-order chi connectivity index (χ0) is 26.1. The van der Waals surface area contributed by atoms with Crippen LogP contribution in [0.2, 0.25) is 0 Å². The fourth-order valence-electron chi connectivity index (χ4n) is 4.28. The molecular formula is C27H36N4O5. The lowest BCUT2D eigenvalue weighted by Crippen LogP contribution is -2.57. The van der Waals surface area contributed by atoms with Gasteiger partial charge in [0.25, 0.3) is 5.91 Å². The Morgan fingerprint density at radius 1 is 1.00 bits per heavy atom. The highest BCUT2D eigenvalue weighted by Crippen LogP contribution is 2.42. The van der Waals surface area contributed by atoms with Crippen molar-refractivity contribution < 1.29 is 23.9 Å². The van der Waals surface area contributed by atoms with Crippen LogP contribution in [0.5, 0.6) is 0 Å². The lowest BCUT2D eigenvalue weighted by Gasteiger charge is -2.30. The Morgan fingerprint density at radius 2 is 1.67 bits per heavy atom. The molecule has 2 aromatic carbocycles. The van der Waals surface area contributed by atoms with E-state index in [0.29, 0.717) is 36.7 Å². The summed E-state index contributed by atoms with van der Waals surface area (Å²) in [5, 5.41) is 8.47. The molecule has 194 valence electrons. The smallest absolute Gasteiger partial charge is 0.320 e. The molecule has 0 saturated heterocycles. The number of hydrogen-bond acceptors (Lipinski definition) is 5. The average molecular weight is 497 g/mol. The molecule has 36 heavy (non-hydrogen) atoms. The number of nitrogens with zero attached hydrogens (tertiary/aromatic N) is 1. The minimum atomic E-state index is -1.59. The van der Waals surface area contributed by atoms with Crippen molar-refractivity contribution in [3.63, 3.8) is 0 Å². The molecule has 0 unspecified atom stereocenters. The molecule has 0 radical (unpaired) electrons. The van der Waals surface area contributed by atoms with E-state index in [0.717, 1.165) is 12.0 Å². The number of amides is 4. The Morgan fingerprint density at radius 3 is 2.31 bits per heavy atom. The van der Waals surface area contributed by atoms with E-state index in [-0.39, 0.29) is 18.9 Å². The number of para-hydroxylation sites is 1. The van der Waals surface area contributed by atoms with Gasteiger partial charge in [0.1, 0.15) is 0 Å². The van der Waals surface area contributed by atoms with Gasteiger partial charge in [-0.25, -0.2) is 4.79 Å². The van der Waals surface area contributed by atoms with Crippen molar-refractivity contribution >= 4 is 29.2 Å². The molecule has 0 aromatic heterocycles. The van der Waals surface area contributed by atoms with Gasteiger partial charge in [-0.05, 0) is 45.4 Å². The Labute approximate surface area is 212 Å². The minimum Gasteiger partial charge on any atom is -0.356 e. The summed E-state index contributed by atoms with van der Waals surface area (Å²) in [7, 11) is 0. The van der Waals surface area contributed by atoms with Crippen molar-refractivity contribution in [2.75, 3.05) is 36.5 Å². The molecular weight excluding hydrogens is 460 g/mol. The van der Waals surface area contributed by atoms with E-state index in [1.165, 1.54) is 4.90 Å². The van der Waals surface area contributed by atoms with E-state index in [9.17, 15) is 14.4 Å². The topological polar surface area (TPSA) is 109 Å². The molecule has 2 aromatic rings. The van der Waals surface area contributed by atoms with Crippen molar-refractivity contribution in [1.29, 1.82) is 0 Å².